The van der Waals surface area contributed by atoms with Crippen molar-refractivity contribution >= 4 is 17.5 Å². The minimum Gasteiger partial charge on any atom is -0.378 e. The van der Waals surface area contributed by atoms with E-state index in [9.17, 15) is 9.18 Å². The third-order valence-corrected chi connectivity index (χ3v) is 6.03. The summed E-state index contributed by atoms with van der Waals surface area (Å²) >= 11 is 6.37. The van der Waals surface area contributed by atoms with Gasteiger partial charge in [-0.1, -0.05) is 41.9 Å². The standard InChI is InChI=1S/C22H24ClFN2O2/c23-20-4-2-1-3-17(20)14-26-15-18(22(27)25-9-11-28-12-10-25)13-21(26)16-5-7-19(24)8-6-16/h1-8,18,21H,9-15H2/t18-,21-/m1/s1. The molecule has 0 saturated carbocycles. The number of amides is 1. The second-order valence-corrected chi connectivity index (χ2v) is 7.87. The molecule has 0 unspecified atom stereocenters. The number of halogens is 2. The second kappa shape index (κ2) is 8.60. The average Bonchev–Trinajstić information content (AvgIpc) is 3.14. The van der Waals surface area contributed by atoms with E-state index in [2.05, 4.69) is 4.90 Å². The van der Waals surface area contributed by atoms with Crippen molar-refractivity contribution in [3.05, 3.63) is 70.5 Å². The molecule has 6 heteroatoms. The van der Waals surface area contributed by atoms with Crippen molar-refractivity contribution in [2.45, 2.75) is 19.0 Å². The highest BCUT2D eigenvalue weighted by Gasteiger charge is 2.39. The maximum absolute atomic E-state index is 13.4. The van der Waals surface area contributed by atoms with Gasteiger partial charge in [0, 0.05) is 37.2 Å². The van der Waals surface area contributed by atoms with Crippen LogP contribution in [0.1, 0.15) is 23.6 Å². The van der Waals surface area contributed by atoms with Crippen LogP contribution in [0.15, 0.2) is 48.5 Å². The number of morpholine rings is 1. The van der Waals surface area contributed by atoms with Gasteiger partial charge < -0.3 is 9.64 Å². The molecule has 0 spiro atoms. The first-order valence-corrected chi connectivity index (χ1v) is 10.1. The highest BCUT2D eigenvalue weighted by molar-refractivity contribution is 6.31. The largest absolute Gasteiger partial charge is 0.378 e. The van der Waals surface area contributed by atoms with Crippen molar-refractivity contribution in [1.82, 2.24) is 9.80 Å². The number of carbonyl (C=O) groups excluding carboxylic acids is 1. The lowest BCUT2D eigenvalue weighted by molar-refractivity contribution is -0.139. The maximum Gasteiger partial charge on any atom is 0.227 e. The van der Waals surface area contributed by atoms with Gasteiger partial charge in [0.1, 0.15) is 5.82 Å². The first-order chi connectivity index (χ1) is 13.6. The van der Waals surface area contributed by atoms with E-state index in [0.717, 1.165) is 22.6 Å². The molecule has 2 aliphatic rings. The topological polar surface area (TPSA) is 32.8 Å². The van der Waals surface area contributed by atoms with Crippen LogP contribution in [0.2, 0.25) is 5.02 Å². The van der Waals surface area contributed by atoms with Crippen molar-refractivity contribution in [1.29, 1.82) is 0 Å². The number of ether oxygens (including phenoxy) is 1. The lowest BCUT2D eigenvalue weighted by Crippen LogP contribution is -2.44. The van der Waals surface area contributed by atoms with E-state index in [1.807, 2.05) is 41.3 Å². The summed E-state index contributed by atoms with van der Waals surface area (Å²) in [5.74, 6) is -0.131. The molecule has 4 nitrogen and oxygen atoms in total. The molecule has 2 saturated heterocycles. The lowest BCUT2D eigenvalue weighted by atomic mass is 9.98. The maximum atomic E-state index is 13.4. The molecule has 0 bridgehead atoms. The Balaban J connectivity index is 1.56. The summed E-state index contributed by atoms with van der Waals surface area (Å²) in [6.07, 6.45) is 0.728. The third kappa shape index (κ3) is 4.22. The molecule has 28 heavy (non-hydrogen) atoms. The predicted molar refractivity (Wildman–Crippen MR) is 107 cm³/mol. The van der Waals surface area contributed by atoms with Crippen molar-refractivity contribution in [2.75, 3.05) is 32.8 Å². The van der Waals surface area contributed by atoms with Crippen LogP contribution in [0.3, 0.4) is 0 Å². The third-order valence-electron chi connectivity index (χ3n) is 5.66. The molecule has 0 N–H and O–H groups in total. The van der Waals surface area contributed by atoms with Crippen LogP contribution in [-0.4, -0.2) is 48.6 Å². The summed E-state index contributed by atoms with van der Waals surface area (Å²) in [6.45, 7) is 3.84. The monoisotopic (exact) mass is 402 g/mol. The average molecular weight is 403 g/mol. The van der Waals surface area contributed by atoms with Gasteiger partial charge in [-0.2, -0.15) is 0 Å². The van der Waals surface area contributed by atoms with Crippen LogP contribution in [0, 0.1) is 11.7 Å². The molecule has 2 aromatic rings. The summed E-state index contributed by atoms with van der Waals surface area (Å²) in [5.41, 5.74) is 2.07. The number of hydrogen-bond donors (Lipinski definition) is 0. The second-order valence-electron chi connectivity index (χ2n) is 7.46. The van der Waals surface area contributed by atoms with E-state index in [4.69, 9.17) is 16.3 Å². The Kier molecular flexibility index (Phi) is 5.95. The number of carbonyl (C=O) groups is 1. The van der Waals surface area contributed by atoms with Crippen molar-refractivity contribution < 1.29 is 13.9 Å². The van der Waals surface area contributed by atoms with Crippen LogP contribution < -0.4 is 0 Å². The quantitative estimate of drug-likeness (QED) is 0.777. The molecule has 2 aliphatic heterocycles. The van der Waals surface area contributed by atoms with Gasteiger partial charge in [-0.05, 0) is 35.7 Å². The predicted octanol–water partition coefficient (Wildman–Crippen LogP) is 3.90. The normalized spacial score (nSPS) is 23.1. The Hall–Kier alpha value is -1.95. The van der Waals surface area contributed by atoms with Crippen LogP contribution in [0.5, 0.6) is 0 Å². The minimum atomic E-state index is -0.250. The SMILES string of the molecule is O=C([C@@H]1C[C@H](c2ccc(F)cc2)N(Cc2ccccc2Cl)C1)N1CCOCC1. The number of benzene rings is 2. The van der Waals surface area contributed by atoms with Crippen molar-refractivity contribution in [3.8, 4) is 0 Å². The number of hydrogen-bond acceptors (Lipinski definition) is 3. The van der Waals surface area contributed by atoms with Gasteiger partial charge in [0.15, 0.2) is 0 Å². The van der Waals surface area contributed by atoms with Gasteiger partial charge >= 0.3 is 0 Å². The van der Waals surface area contributed by atoms with Gasteiger partial charge in [0.25, 0.3) is 0 Å². The van der Waals surface area contributed by atoms with E-state index in [1.54, 1.807) is 0 Å². The zero-order chi connectivity index (χ0) is 19.5. The molecule has 2 aromatic carbocycles. The lowest BCUT2D eigenvalue weighted by Gasteiger charge is -2.29. The Morgan fingerprint density at radius 2 is 1.82 bits per heavy atom. The van der Waals surface area contributed by atoms with Gasteiger partial charge in [0.05, 0.1) is 19.1 Å². The van der Waals surface area contributed by atoms with Crippen LogP contribution in [-0.2, 0) is 16.1 Å². The van der Waals surface area contributed by atoms with E-state index < -0.39 is 0 Å². The van der Waals surface area contributed by atoms with E-state index in [0.29, 0.717) is 39.4 Å². The van der Waals surface area contributed by atoms with Gasteiger partial charge in [-0.15, -0.1) is 0 Å². The van der Waals surface area contributed by atoms with E-state index >= 15 is 0 Å². The van der Waals surface area contributed by atoms with Crippen LogP contribution >= 0.6 is 11.6 Å². The van der Waals surface area contributed by atoms with E-state index in [-0.39, 0.29) is 23.7 Å². The fourth-order valence-corrected chi connectivity index (χ4v) is 4.37. The van der Waals surface area contributed by atoms with Gasteiger partial charge in [0.2, 0.25) is 5.91 Å². The van der Waals surface area contributed by atoms with Crippen LogP contribution in [0.25, 0.3) is 0 Å². The molecule has 2 atom stereocenters. The fraction of sp³-hybridized carbons (Fsp3) is 0.409. The molecule has 0 aliphatic carbocycles. The van der Waals surface area contributed by atoms with Crippen molar-refractivity contribution in [3.63, 3.8) is 0 Å². The molecular formula is C22H24ClFN2O2. The van der Waals surface area contributed by atoms with Gasteiger partial charge in [-0.3, -0.25) is 9.69 Å². The van der Waals surface area contributed by atoms with Crippen LogP contribution in [0.4, 0.5) is 4.39 Å². The van der Waals surface area contributed by atoms with Crippen molar-refractivity contribution in [2.24, 2.45) is 5.92 Å². The summed E-state index contributed by atoms with van der Waals surface area (Å²) in [7, 11) is 0. The zero-order valence-electron chi connectivity index (χ0n) is 15.7. The highest BCUT2D eigenvalue weighted by atomic mass is 35.5. The Morgan fingerprint density at radius 3 is 2.54 bits per heavy atom. The highest BCUT2D eigenvalue weighted by Crippen LogP contribution is 2.38. The summed E-state index contributed by atoms with van der Waals surface area (Å²) in [6, 6.07) is 14.5. The summed E-state index contributed by atoms with van der Waals surface area (Å²) < 4.78 is 18.8. The summed E-state index contributed by atoms with van der Waals surface area (Å²) in [5, 5.41) is 0.725. The number of nitrogens with zero attached hydrogens (tertiary/aromatic N) is 2. The molecule has 1 amide bonds. The van der Waals surface area contributed by atoms with Gasteiger partial charge in [-0.25, -0.2) is 4.39 Å². The molecule has 0 radical (unpaired) electrons. The molecule has 0 aromatic heterocycles. The number of likely N-dealkylation sites (tertiary alicyclic amines) is 1. The molecule has 2 heterocycles. The Labute approximate surface area is 169 Å². The Bertz CT molecular complexity index is 824. The first kappa shape index (κ1) is 19.4. The molecule has 4 rings (SSSR count). The molecule has 148 valence electrons. The van der Waals surface area contributed by atoms with E-state index in [1.165, 1.54) is 12.1 Å². The Morgan fingerprint density at radius 1 is 1.11 bits per heavy atom. The minimum absolute atomic E-state index is 0.0619. The number of rotatable bonds is 4. The molecule has 2 fully saturated rings. The fourth-order valence-electron chi connectivity index (χ4n) is 4.18. The summed E-state index contributed by atoms with van der Waals surface area (Å²) in [4.78, 5) is 17.3. The zero-order valence-corrected chi connectivity index (χ0v) is 16.4. The first-order valence-electron chi connectivity index (χ1n) is 9.71. The molecular weight excluding hydrogens is 379 g/mol. The smallest absolute Gasteiger partial charge is 0.227 e.